The molecule has 62 valence electrons. The van der Waals surface area contributed by atoms with E-state index < -0.39 is 17.6 Å². The Morgan fingerprint density at radius 1 is 1.08 bits per heavy atom. The van der Waals surface area contributed by atoms with Gasteiger partial charge in [-0.25, -0.2) is 4.39 Å². The lowest BCUT2D eigenvalue weighted by molar-refractivity contribution is -0.124. The fourth-order valence-corrected chi connectivity index (χ4v) is 0.715. The molecule has 0 radical (unpaired) electrons. The van der Waals surface area contributed by atoms with Crippen molar-refractivity contribution in [2.45, 2.75) is 0 Å². The lowest BCUT2D eigenvalue weighted by atomic mass is 10.1. The molecule has 1 aromatic carbocycles. The highest BCUT2D eigenvalue weighted by molar-refractivity contribution is 6.40. The molecule has 0 aliphatic heterocycles. The van der Waals surface area contributed by atoms with Crippen LogP contribution in [-0.2, 0) is 4.79 Å². The van der Waals surface area contributed by atoms with E-state index in [0.717, 1.165) is 24.3 Å². The molecule has 0 aliphatic rings. The summed E-state index contributed by atoms with van der Waals surface area (Å²) in [7, 11) is 0. The van der Waals surface area contributed by atoms with E-state index in [2.05, 4.69) is 0 Å². The lowest BCUT2D eigenvalue weighted by Crippen LogP contribution is -2.07. The first-order valence-corrected chi connectivity index (χ1v) is 3.11. The number of benzene rings is 1. The van der Waals surface area contributed by atoms with Gasteiger partial charge in [0, 0.05) is 5.56 Å². The molecule has 0 fully saturated rings. The average Bonchev–Trinajstić information content (AvgIpc) is 2.04. The van der Waals surface area contributed by atoms with E-state index in [1.165, 1.54) is 0 Å². The molecule has 0 heterocycles. The van der Waals surface area contributed by atoms with Gasteiger partial charge in [-0.15, -0.1) is 0 Å². The maximum atomic E-state index is 12.3. The third kappa shape index (κ3) is 1.72. The van der Waals surface area contributed by atoms with Crippen LogP contribution in [0.15, 0.2) is 24.3 Å². The molecule has 4 heteroatoms. The molecule has 2 nitrogen and oxygen atoms in total. The summed E-state index contributed by atoms with van der Waals surface area (Å²) in [5.41, 5.74) is -0.149. The van der Waals surface area contributed by atoms with Gasteiger partial charge in [0.15, 0.2) is 0 Å². The summed E-state index contributed by atoms with van der Waals surface area (Å²) >= 11 is 0. The zero-order chi connectivity index (χ0) is 9.14. The summed E-state index contributed by atoms with van der Waals surface area (Å²) in [5, 5.41) is 0. The van der Waals surface area contributed by atoms with E-state index in [1.807, 2.05) is 0 Å². The van der Waals surface area contributed by atoms with Gasteiger partial charge < -0.3 is 0 Å². The van der Waals surface area contributed by atoms with Gasteiger partial charge in [0.05, 0.1) is 0 Å². The molecule has 0 unspecified atom stereocenters. The van der Waals surface area contributed by atoms with E-state index in [9.17, 15) is 18.4 Å². The van der Waals surface area contributed by atoms with Gasteiger partial charge in [0.25, 0.3) is 5.78 Å². The van der Waals surface area contributed by atoms with Crippen molar-refractivity contribution >= 4 is 11.8 Å². The number of rotatable bonds is 2. The maximum absolute atomic E-state index is 12.3. The monoisotopic (exact) mass is 170 g/mol. The summed E-state index contributed by atoms with van der Waals surface area (Å²) < 4.78 is 24.1. The van der Waals surface area contributed by atoms with Crippen LogP contribution < -0.4 is 0 Å². The predicted molar refractivity (Wildman–Crippen MR) is 36.8 cm³/mol. The number of carbonyl (C=O) groups is 2. The number of halogens is 2. The second-order valence-corrected chi connectivity index (χ2v) is 2.11. The SMILES string of the molecule is O=C(F)C(=O)c1ccc(F)cc1. The van der Waals surface area contributed by atoms with Crippen molar-refractivity contribution in [3.05, 3.63) is 35.6 Å². The highest BCUT2D eigenvalue weighted by atomic mass is 19.1. The van der Waals surface area contributed by atoms with Gasteiger partial charge in [-0.2, -0.15) is 4.39 Å². The molecule has 0 spiro atoms. The zero-order valence-corrected chi connectivity index (χ0v) is 5.88. The molecule has 12 heavy (non-hydrogen) atoms. The van der Waals surface area contributed by atoms with E-state index >= 15 is 0 Å². The van der Waals surface area contributed by atoms with Gasteiger partial charge in [0.1, 0.15) is 5.82 Å². The normalized spacial score (nSPS) is 9.50. The molecule has 0 aliphatic carbocycles. The van der Waals surface area contributed by atoms with Crippen LogP contribution in [0.1, 0.15) is 10.4 Å². The van der Waals surface area contributed by atoms with Crippen LogP contribution in [0.3, 0.4) is 0 Å². The molecule has 0 atom stereocenters. The van der Waals surface area contributed by atoms with Gasteiger partial charge in [-0.05, 0) is 24.3 Å². The van der Waals surface area contributed by atoms with Crippen molar-refractivity contribution in [3.8, 4) is 0 Å². The first-order valence-electron chi connectivity index (χ1n) is 3.11. The van der Waals surface area contributed by atoms with Gasteiger partial charge in [-0.1, -0.05) is 0 Å². The minimum atomic E-state index is -2.04. The van der Waals surface area contributed by atoms with E-state index in [0.29, 0.717) is 0 Å². The van der Waals surface area contributed by atoms with Crippen molar-refractivity contribution in [2.24, 2.45) is 0 Å². The van der Waals surface area contributed by atoms with Crippen molar-refractivity contribution in [2.75, 3.05) is 0 Å². The quantitative estimate of drug-likeness (QED) is 0.383. The molecular formula is C8H4F2O2. The third-order valence-electron chi connectivity index (χ3n) is 1.28. The summed E-state index contributed by atoms with van der Waals surface area (Å²) in [5.74, 6) is -1.80. The topological polar surface area (TPSA) is 34.1 Å². The van der Waals surface area contributed by atoms with E-state index in [-0.39, 0.29) is 5.56 Å². The standard InChI is InChI=1S/C8H4F2O2/c9-6-3-1-5(2-4-6)7(11)8(10)12/h1-4H. The van der Waals surface area contributed by atoms with Crippen LogP contribution in [0.5, 0.6) is 0 Å². The number of Topliss-reactive ketones (excluding diaryl/α,β-unsaturated/α-hetero) is 1. The molecule has 0 saturated heterocycles. The number of ketones is 1. The van der Waals surface area contributed by atoms with Crippen molar-refractivity contribution < 1.29 is 18.4 Å². The lowest BCUT2D eigenvalue weighted by Gasteiger charge is -1.92. The fourth-order valence-electron chi connectivity index (χ4n) is 0.715. The Labute approximate surface area is 66.8 Å². The van der Waals surface area contributed by atoms with Crippen LogP contribution in [0, 0.1) is 5.82 Å². The first-order chi connectivity index (χ1) is 5.61. The second-order valence-electron chi connectivity index (χ2n) is 2.11. The Bertz CT molecular complexity index is 316. The summed E-state index contributed by atoms with van der Waals surface area (Å²) in [6.07, 6.45) is 0. The van der Waals surface area contributed by atoms with Crippen LogP contribution in [0.2, 0.25) is 0 Å². The highest BCUT2D eigenvalue weighted by Gasteiger charge is 2.14. The Kier molecular flexibility index (Phi) is 2.28. The Morgan fingerprint density at radius 3 is 2.00 bits per heavy atom. The van der Waals surface area contributed by atoms with E-state index in [4.69, 9.17) is 0 Å². The minimum absolute atomic E-state index is 0.149. The Morgan fingerprint density at radius 2 is 1.58 bits per heavy atom. The van der Waals surface area contributed by atoms with Crippen LogP contribution >= 0.6 is 0 Å². The molecule has 0 amide bonds. The van der Waals surface area contributed by atoms with Crippen molar-refractivity contribution in [1.82, 2.24) is 0 Å². The summed E-state index contributed by atoms with van der Waals surface area (Å²) in [4.78, 5) is 20.5. The molecule has 1 rings (SSSR count). The Hall–Kier alpha value is -1.58. The zero-order valence-electron chi connectivity index (χ0n) is 5.88. The van der Waals surface area contributed by atoms with Crippen molar-refractivity contribution in [3.63, 3.8) is 0 Å². The highest BCUT2D eigenvalue weighted by Crippen LogP contribution is 2.04. The fraction of sp³-hybridized carbons (Fsp3) is 0. The average molecular weight is 170 g/mol. The number of hydrogen-bond acceptors (Lipinski definition) is 2. The summed E-state index contributed by atoms with van der Waals surface area (Å²) in [6, 6.07) is 2.03. The number of hydrogen-bond donors (Lipinski definition) is 0. The molecule has 0 aromatic heterocycles. The number of carbonyl (C=O) groups excluding carboxylic acids is 2. The molecule has 1 aromatic rings. The minimum Gasteiger partial charge on any atom is -0.282 e. The molecule has 0 bridgehead atoms. The summed E-state index contributed by atoms with van der Waals surface area (Å²) in [6.45, 7) is 0. The van der Waals surface area contributed by atoms with Gasteiger partial charge >= 0.3 is 6.04 Å². The maximum Gasteiger partial charge on any atom is 0.372 e. The van der Waals surface area contributed by atoms with Crippen molar-refractivity contribution in [1.29, 1.82) is 0 Å². The Balaban J connectivity index is 2.98. The largest absolute Gasteiger partial charge is 0.372 e. The second kappa shape index (κ2) is 3.21. The van der Waals surface area contributed by atoms with Crippen LogP contribution in [0.4, 0.5) is 8.78 Å². The molecular weight excluding hydrogens is 166 g/mol. The smallest absolute Gasteiger partial charge is 0.282 e. The van der Waals surface area contributed by atoms with E-state index in [1.54, 1.807) is 0 Å². The molecule has 0 saturated carbocycles. The molecule has 0 N–H and O–H groups in total. The van der Waals surface area contributed by atoms with Crippen LogP contribution in [-0.4, -0.2) is 11.8 Å². The van der Waals surface area contributed by atoms with Crippen LogP contribution in [0.25, 0.3) is 0 Å². The predicted octanol–water partition coefficient (Wildman–Crippen LogP) is 1.50. The first kappa shape index (κ1) is 8.52. The third-order valence-corrected chi connectivity index (χ3v) is 1.28. The van der Waals surface area contributed by atoms with Gasteiger partial charge in [-0.3, -0.25) is 9.59 Å². The van der Waals surface area contributed by atoms with Gasteiger partial charge in [0.2, 0.25) is 0 Å².